The number of nitrogens with one attached hydrogen (secondary N) is 1. The van der Waals surface area contributed by atoms with Gasteiger partial charge in [0.2, 0.25) is 5.91 Å². The molecule has 0 aliphatic rings. The lowest BCUT2D eigenvalue weighted by Gasteiger charge is -2.15. The van der Waals surface area contributed by atoms with Gasteiger partial charge in [0.05, 0.1) is 18.4 Å². The van der Waals surface area contributed by atoms with Crippen molar-refractivity contribution in [1.82, 2.24) is 0 Å². The zero-order valence-corrected chi connectivity index (χ0v) is 10.5. The van der Waals surface area contributed by atoms with Gasteiger partial charge in [0.15, 0.2) is 0 Å². The normalized spacial score (nSPS) is 12.9. The summed E-state index contributed by atoms with van der Waals surface area (Å²) in [6.07, 6.45) is -4.63. The first-order chi connectivity index (χ1) is 8.74. The molecule has 1 aromatic rings. The molecule has 7 heteroatoms. The van der Waals surface area contributed by atoms with Crippen LogP contribution < -0.4 is 15.8 Å². The van der Waals surface area contributed by atoms with Gasteiger partial charge in [0.1, 0.15) is 5.75 Å². The molecule has 1 unspecified atom stereocenters. The van der Waals surface area contributed by atoms with Crippen LogP contribution >= 0.6 is 0 Å². The molecule has 0 spiro atoms. The van der Waals surface area contributed by atoms with E-state index in [9.17, 15) is 18.0 Å². The third-order valence-corrected chi connectivity index (χ3v) is 2.31. The predicted octanol–water partition coefficient (Wildman–Crippen LogP) is 2.39. The van der Waals surface area contributed by atoms with Crippen molar-refractivity contribution in [2.24, 2.45) is 5.73 Å². The molecule has 0 fully saturated rings. The second kappa shape index (κ2) is 5.92. The topological polar surface area (TPSA) is 64.3 Å². The summed E-state index contributed by atoms with van der Waals surface area (Å²) in [5.41, 5.74) is 4.15. The zero-order valence-electron chi connectivity index (χ0n) is 10.5. The van der Waals surface area contributed by atoms with E-state index < -0.39 is 23.7 Å². The fourth-order valence-corrected chi connectivity index (χ4v) is 1.49. The average Bonchev–Trinajstić information content (AvgIpc) is 2.26. The number of hydrogen-bond donors (Lipinski definition) is 2. The standard InChI is InChI=1S/C12H15F3N2O2/c1-7(16)5-11(18)17-10-4-3-8(19-2)6-9(10)12(13,14)15/h3-4,6-7H,5,16H2,1-2H3,(H,17,18). The highest BCUT2D eigenvalue weighted by Gasteiger charge is 2.34. The largest absolute Gasteiger partial charge is 0.497 e. The van der Waals surface area contributed by atoms with E-state index in [2.05, 4.69) is 5.32 Å². The summed E-state index contributed by atoms with van der Waals surface area (Å²) in [4.78, 5) is 11.5. The van der Waals surface area contributed by atoms with Crippen molar-refractivity contribution in [2.45, 2.75) is 25.6 Å². The molecule has 0 aliphatic heterocycles. The highest BCUT2D eigenvalue weighted by Crippen LogP contribution is 2.37. The molecule has 0 radical (unpaired) electrons. The first kappa shape index (κ1) is 15.3. The number of carbonyl (C=O) groups is 1. The Morgan fingerprint density at radius 2 is 2.11 bits per heavy atom. The summed E-state index contributed by atoms with van der Waals surface area (Å²) in [5.74, 6) is -0.497. The maximum Gasteiger partial charge on any atom is 0.418 e. The van der Waals surface area contributed by atoms with Crippen LogP contribution in [0.1, 0.15) is 18.9 Å². The number of carbonyl (C=O) groups excluding carboxylic acids is 1. The molecule has 0 bridgehead atoms. The van der Waals surface area contributed by atoms with Gasteiger partial charge in [0.25, 0.3) is 0 Å². The van der Waals surface area contributed by atoms with E-state index in [0.29, 0.717) is 0 Å². The molecule has 0 saturated heterocycles. The van der Waals surface area contributed by atoms with Crippen LogP contribution in [0.4, 0.5) is 18.9 Å². The maximum absolute atomic E-state index is 12.8. The average molecular weight is 276 g/mol. The minimum Gasteiger partial charge on any atom is -0.497 e. The van der Waals surface area contributed by atoms with Gasteiger partial charge >= 0.3 is 6.18 Å². The quantitative estimate of drug-likeness (QED) is 0.887. The summed E-state index contributed by atoms with van der Waals surface area (Å²) in [7, 11) is 1.27. The van der Waals surface area contributed by atoms with E-state index in [4.69, 9.17) is 10.5 Å². The molecule has 1 rings (SSSR count). The number of benzene rings is 1. The number of alkyl halides is 3. The molecule has 1 amide bonds. The summed E-state index contributed by atoms with van der Waals surface area (Å²) in [6, 6.07) is 2.91. The molecule has 1 atom stereocenters. The van der Waals surface area contributed by atoms with Gasteiger partial charge in [-0.1, -0.05) is 0 Å². The highest BCUT2D eigenvalue weighted by atomic mass is 19.4. The lowest BCUT2D eigenvalue weighted by atomic mass is 10.1. The Morgan fingerprint density at radius 3 is 2.58 bits per heavy atom. The van der Waals surface area contributed by atoms with Gasteiger partial charge < -0.3 is 15.8 Å². The summed E-state index contributed by atoms with van der Waals surface area (Å²) in [5, 5.41) is 2.21. The molecule has 106 valence electrons. The Labute approximate surface area is 108 Å². The van der Waals surface area contributed by atoms with Crippen LogP contribution in [0.15, 0.2) is 18.2 Å². The first-order valence-corrected chi connectivity index (χ1v) is 5.54. The first-order valence-electron chi connectivity index (χ1n) is 5.54. The number of amides is 1. The Balaban J connectivity index is 3.03. The summed E-state index contributed by atoms with van der Waals surface area (Å²) < 4.78 is 43.3. The molecule has 1 aromatic carbocycles. The molecule has 3 N–H and O–H groups in total. The summed E-state index contributed by atoms with van der Waals surface area (Å²) >= 11 is 0. The number of ether oxygens (including phenoxy) is 1. The number of anilines is 1. The van der Waals surface area contributed by atoms with Crippen LogP contribution in [-0.4, -0.2) is 19.1 Å². The molecule has 0 aliphatic carbocycles. The molecule has 4 nitrogen and oxygen atoms in total. The number of nitrogens with two attached hydrogens (primary N) is 1. The SMILES string of the molecule is COc1ccc(NC(=O)CC(C)N)c(C(F)(F)F)c1. The lowest BCUT2D eigenvalue weighted by molar-refractivity contribution is -0.137. The van der Waals surface area contributed by atoms with Crippen molar-refractivity contribution in [3.05, 3.63) is 23.8 Å². The van der Waals surface area contributed by atoms with Crippen LogP contribution in [-0.2, 0) is 11.0 Å². The second-order valence-corrected chi connectivity index (χ2v) is 4.14. The van der Waals surface area contributed by atoms with E-state index >= 15 is 0 Å². The Morgan fingerprint density at radius 1 is 1.47 bits per heavy atom. The van der Waals surface area contributed by atoms with Gasteiger partial charge in [0, 0.05) is 12.5 Å². The zero-order chi connectivity index (χ0) is 14.6. The molecular weight excluding hydrogens is 261 g/mol. The van der Waals surface area contributed by atoms with Crippen LogP contribution in [0, 0.1) is 0 Å². The van der Waals surface area contributed by atoms with E-state index in [-0.39, 0.29) is 17.9 Å². The Hall–Kier alpha value is -1.76. The van der Waals surface area contributed by atoms with Gasteiger partial charge in [-0.15, -0.1) is 0 Å². The summed E-state index contributed by atoms with van der Waals surface area (Å²) in [6.45, 7) is 1.60. The van der Waals surface area contributed by atoms with E-state index in [1.165, 1.54) is 13.2 Å². The van der Waals surface area contributed by atoms with Crippen LogP contribution in [0.5, 0.6) is 5.75 Å². The van der Waals surface area contributed by atoms with Crippen molar-refractivity contribution >= 4 is 11.6 Å². The van der Waals surface area contributed by atoms with Crippen molar-refractivity contribution in [1.29, 1.82) is 0 Å². The molecule has 0 saturated carbocycles. The fourth-order valence-electron chi connectivity index (χ4n) is 1.49. The number of methoxy groups -OCH3 is 1. The maximum atomic E-state index is 12.8. The van der Waals surface area contributed by atoms with Crippen LogP contribution in [0.2, 0.25) is 0 Å². The number of halogens is 3. The van der Waals surface area contributed by atoms with Crippen LogP contribution in [0.25, 0.3) is 0 Å². The molecular formula is C12H15F3N2O2. The minimum absolute atomic E-state index is 0.0523. The third-order valence-electron chi connectivity index (χ3n) is 2.31. The van der Waals surface area contributed by atoms with E-state index in [1.807, 2.05) is 0 Å². The second-order valence-electron chi connectivity index (χ2n) is 4.14. The van der Waals surface area contributed by atoms with Gasteiger partial charge in [-0.2, -0.15) is 13.2 Å². The Kier molecular flexibility index (Phi) is 4.77. The minimum atomic E-state index is -4.58. The molecule has 0 heterocycles. The fraction of sp³-hybridized carbons (Fsp3) is 0.417. The predicted molar refractivity (Wildman–Crippen MR) is 64.9 cm³/mol. The monoisotopic (exact) mass is 276 g/mol. The van der Waals surface area contributed by atoms with Gasteiger partial charge in [-0.25, -0.2) is 0 Å². The van der Waals surface area contributed by atoms with Gasteiger partial charge in [-0.3, -0.25) is 4.79 Å². The lowest BCUT2D eigenvalue weighted by Crippen LogP contribution is -2.25. The molecule has 19 heavy (non-hydrogen) atoms. The van der Waals surface area contributed by atoms with Crippen LogP contribution in [0.3, 0.4) is 0 Å². The van der Waals surface area contributed by atoms with Gasteiger partial charge in [-0.05, 0) is 25.1 Å². The van der Waals surface area contributed by atoms with E-state index in [0.717, 1.165) is 12.1 Å². The number of hydrogen-bond acceptors (Lipinski definition) is 3. The third kappa shape index (κ3) is 4.44. The smallest absolute Gasteiger partial charge is 0.418 e. The van der Waals surface area contributed by atoms with Crippen molar-refractivity contribution in [3.63, 3.8) is 0 Å². The molecule has 0 aromatic heterocycles. The van der Waals surface area contributed by atoms with E-state index in [1.54, 1.807) is 6.92 Å². The Bertz CT molecular complexity index is 459. The van der Waals surface area contributed by atoms with Crippen molar-refractivity contribution < 1.29 is 22.7 Å². The number of rotatable bonds is 4. The highest BCUT2D eigenvalue weighted by molar-refractivity contribution is 5.92. The van der Waals surface area contributed by atoms with Crippen molar-refractivity contribution in [3.8, 4) is 5.75 Å². The van der Waals surface area contributed by atoms with Crippen molar-refractivity contribution in [2.75, 3.05) is 12.4 Å².